The first-order chi connectivity index (χ1) is 8.44. The molecule has 0 aromatic rings. The number of ether oxygens (including phenoxy) is 2. The molecule has 0 aliphatic rings. The van der Waals surface area contributed by atoms with Crippen molar-refractivity contribution in [3.8, 4) is 0 Å². The number of alkyl halides is 2. The molecule has 18 heavy (non-hydrogen) atoms. The predicted molar refractivity (Wildman–Crippen MR) is 61.2 cm³/mol. The van der Waals surface area contributed by atoms with Crippen molar-refractivity contribution in [2.24, 2.45) is 5.41 Å². The molecule has 0 radical (unpaired) electrons. The highest BCUT2D eigenvalue weighted by molar-refractivity contribution is 6.00. The zero-order valence-electron chi connectivity index (χ0n) is 11.0. The molecule has 0 unspecified atom stereocenters. The number of rotatable bonds is 8. The Kier molecular flexibility index (Phi) is 7.47. The summed E-state index contributed by atoms with van der Waals surface area (Å²) in [6.07, 6.45) is -3.23. The summed E-state index contributed by atoms with van der Waals surface area (Å²) < 4.78 is 34.8. The molecule has 106 valence electrons. The molecule has 0 heterocycles. The molecule has 0 bridgehead atoms. The zero-order valence-corrected chi connectivity index (χ0v) is 11.0. The third-order valence-electron chi connectivity index (χ3n) is 2.51. The van der Waals surface area contributed by atoms with Gasteiger partial charge in [0.25, 0.3) is 0 Å². The maximum atomic E-state index is 12.6. The van der Waals surface area contributed by atoms with Crippen LogP contribution in [-0.2, 0) is 19.1 Å². The zero-order chi connectivity index (χ0) is 14.2. The van der Waals surface area contributed by atoms with Crippen molar-refractivity contribution in [3.05, 3.63) is 0 Å². The third kappa shape index (κ3) is 4.23. The molecule has 0 rings (SSSR count). The van der Waals surface area contributed by atoms with Crippen molar-refractivity contribution in [1.29, 1.82) is 0 Å². The van der Waals surface area contributed by atoms with Gasteiger partial charge in [0.2, 0.25) is 6.43 Å². The SMILES string of the molecule is CCCC(CC(F)F)(C(=O)OCC)C(=O)OCC. The van der Waals surface area contributed by atoms with Crippen molar-refractivity contribution in [2.75, 3.05) is 13.2 Å². The molecule has 0 aliphatic heterocycles. The lowest BCUT2D eigenvalue weighted by atomic mass is 9.80. The van der Waals surface area contributed by atoms with Crippen molar-refractivity contribution < 1.29 is 27.8 Å². The molecule has 0 saturated heterocycles. The Bertz CT molecular complexity index is 261. The molecule has 0 aromatic heterocycles. The van der Waals surface area contributed by atoms with Crippen LogP contribution >= 0.6 is 0 Å². The van der Waals surface area contributed by atoms with Crippen LogP contribution in [0.3, 0.4) is 0 Å². The second-order valence-corrected chi connectivity index (χ2v) is 3.87. The van der Waals surface area contributed by atoms with E-state index in [2.05, 4.69) is 0 Å². The van der Waals surface area contributed by atoms with Crippen molar-refractivity contribution in [3.63, 3.8) is 0 Å². The number of carbonyl (C=O) groups is 2. The summed E-state index contributed by atoms with van der Waals surface area (Å²) in [5, 5.41) is 0. The smallest absolute Gasteiger partial charge is 0.323 e. The second-order valence-electron chi connectivity index (χ2n) is 3.87. The van der Waals surface area contributed by atoms with E-state index in [0.717, 1.165) is 0 Å². The van der Waals surface area contributed by atoms with Crippen LogP contribution < -0.4 is 0 Å². The van der Waals surface area contributed by atoms with Crippen molar-refractivity contribution in [2.45, 2.75) is 46.5 Å². The fourth-order valence-corrected chi connectivity index (χ4v) is 1.78. The quantitative estimate of drug-likeness (QED) is 0.500. The molecule has 0 N–H and O–H groups in total. The van der Waals surface area contributed by atoms with Gasteiger partial charge < -0.3 is 9.47 Å². The number of carbonyl (C=O) groups excluding carboxylic acids is 2. The summed E-state index contributed by atoms with van der Waals surface area (Å²) in [4.78, 5) is 23.7. The average Bonchev–Trinajstić information content (AvgIpc) is 2.28. The molecule has 4 nitrogen and oxygen atoms in total. The highest BCUT2D eigenvalue weighted by atomic mass is 19.3. The number of esters is 2. The van der Waals surface area contributed by atoms with Gasteiger partial charge in [-0.1, -0.05) is 13.3 Å². The Hall–Kier alpha value is -1.20. The van der Waals surface area contributed by atoms with Gasteiger partial charge in [-0.15, -0.1) is 0 Å². The summed E-state index contributed by atoms with van der Waals surface area (Å²) in [7, 11) is 0. The maximum Gasteiger partial charge on any atom is 0.323 e. The molecule has 0 aliphatic carbocycles. The van der Waals surface area contributed by atoms with Crippen LogP contribution in [0.25, 0.3) is 0 Å². The van der Waals surface area contributed by atoms with Crippen LogP contribution in [0.4, 0.5) is 8.78 Å². The molecule has 0 spiro atoms. The van der Waals surface area contributed by atoms with Gasteiger partial charge in [0.15, 0.2) is 5.41 Å². The van der Waals surface area contributed by atoms with E-state index in [4.69, 9.17) is 9.47 Å². The lowest BCUT2D eigenvalue weighted by molar-refractivity contribution is -0.176. The highest BCUT2D eigenvalue weighted by Gasteiger charge is 2.50. The Balaban J connectivity index is 5.25. The summed E-state index contributed by atoms with van der Waals surface area (Å²) in [5.74, 6) is -1.85. The van der Waals surface area contributed by atoms with Gasteiger partial charge in [-0.05, 0) is 20.3 Å². The van der Waals surface area contributed by atoms with E-state index in [1.165, 1.54) is 0 Å². The first-order valence-electron chi connectivity index (χ1n) is 6.07. The number of hydrogen-bond donors (Lipinski definition) is 0. The van der Waals surface area contributed by atoms with E-state index in [1.807, 2.05) is 0 Å². The number of halogens is 2. The summed E-state index contributed by atoms with van der Waals surface area (Å²) in [6.45, 7) is 4.89. The van der Waals surface area contributed by atoms with Crippen molar-refractivity contribution in [1.82, 2.24) is 0 Å². The van der Waals surface area contributed by atoms with Gasteiger partial charge in [0.1, 0.15) is 0 Å². The molecular weight excluding hydrogens is 246 g/mol. The predicted octanol–water partition coefficient (Wildman–Crippen LogP) is 2.55. The molecule has 6 heteroatoms. The normalized spacial score (nSPS) is 11.4. The number of hydrogen-bond acceptors (Lipinski definition) is 4. The van der Waals surface area contributed by atoms with Gasteiger partial charge >= 0.3 is 11.9 Å². The highest BCUT2D eigenvalue weighted by Crippen LogP contribution is 2.34. The summed E-state index contributed by atoms with van der Waals surface area (Å²) in [6, 6.07) is 0. The molecule has 0 fully saturated rings. The Morgan fingerprint density at radius 1 is 1.06 bits per heavy atom. The van der Waals surface area contributed by atoms with Gasteiger partial charge in [0, 0.05) is 6.42 Å². The lowest BCUT2D eigenvalue weighted by Gasteiger charge is -2.28. The van der Waals surface area contributed by atoms with E-state index in [1.54, 1.807) is 20.8 Å². The van der Waals surface area contributed by atoms with Crippen molar-refractivity contribution >= 4 is 11.9 Å². The molecule has 0 amide bonds. The van der Waals surface area contributed by atoms with Gasteiger partial charge in [-0.3, -0.25) is 9.59 Å². The van der Waals surface area contributed by atoms with Gasteiger partial charge in [-0.25, -0.2) is 8.78 Å². The monoisotopic (exact) mass is 266 g/mol. The first-order valence-corrected chi connectivity index (χ1v) is 6.07. The van der Waals surface area contributed by atoms with E-state index in [0.29, 0.717) is 6.42 Å². The first kappa shape index (κ1) is 16.8. The van der Waals surface area contributed by atoms with E-state index < -0.39 is 30.2 Å². The van der Waals surface area contributed by atoms with E-state index >= 15 is 0 Å². The fourth-order valence-electron chi connectivity index (χ4n) is 1.78. The second kappa shape index (κ2) is 8.00. The van der Waals surface area contributed by atoms with Crippen LogP contribution in [0.5, 0.6) is 0 Å². The summed E-state index contributed by atoms with van der Waals surface area (Å²) in [5.41, 5.74) is -1.88. The van der Waals surface area contributed by atoms with E-state index in [9.17, 15) is 18.4 Å². The van der Waals surface area contributed by atoms with Crippen LogP contribution in [-0.4, -0.2) is 31.6 Å². The molecule has 0 aromatic carbocycles. The van der Waals surface area contributed by atoms with Crippen LogP contribution in [0.15, 0.2) is 0 Å². The third-order valence-corrected chi connectivity index (χ3v) is 2.51. The van der Waals surface area contributed by atoms with Crippen LogP contribution in [0.1, 0.15) is 40.0 Å². The minimum atomic E-state index is -2.77. The molecule has 0 saturated carbocycles. The topological polar surface area (TPSA) is 52.6 Å². The standard InChI is InChI=1S/C12H20F2O4/c1-4-7-12(8-9(13)14,10(15)17-5-2)11(16)18-6-3/h9H,4-8H2,1-3H3. The van der Waals surface area contributed by atoms with E-state index in [-0.39, 0.29) is 19.6 Å². The average molecular weight is 266 g/mol. The van der Waals surface area contributed by atoms with Gasteiger partial charge in [-0.2, -0.15) is 0 Å². The maximum absolute atomic E-state index is 12.6. The van der Waals surface area contributed by atoms with Crippen LogP contribution in [0, 0.1) is 5.41 Å². The Morgan fingerprint density at radius 3 is 1.78 bits per heavy atom. The molecular formula is C12H20F2O4. The van der Waals surface area contributed by atoms with Crippen LogP contribution in [0.2, 0.25) is 0 Å². The largest absolute Gasteiger partial charge is 0.465 e. The minimum Gasteiger partial charge on any atom is -0.465 e. The minimum absolute atomic E-state index is 0.00495. The Labute approximate surface area is 106 Å². The van der Waals surface area contributed by atoms with Gasteiger partial charge in [0.05, 0.1) is 13.2 Å². The molecule has 0 atom stereocenters. The fraction of sp³-hybridized carbons (Fsp3) is 0.833. The lowest BCUT2D eigenvalue weighted by Crippen LogP contribution is -2.43. The Morgan fingerprint density at radius 2 is 1.50 bits per heavy atom. The summed E-state index contributed by atoms with van der Waals surface area (Å²) >= 11 is 0.